The molecule has 1 aromatic carbocycles. The van der Waals surface area contributed by atoms with Gasteiger partial charge in [0.05, 0.1) is 32.3 Å². The van der Waals surface area contributed by atoms with Crippen molar-refractivity contribution in [3.63, 3.8) is 0 Å². The van der Waals surface area contributed by atoms with Crippen molar-refractivity contribution in [2.45, 2.75) is 38.0 Å². The summed E-state index contributed by atoms with van der Waals surface area (Å²) in [5.74, 6) is 1.07. The quantitative estimate of drug-likeness (QED) is 0.810. The molecule has 6 nitrogen and oxygen atoms in total. The van der Waals surface area contributed by atoms with Crippen molar-refractivity contribution in [3.8, 4) is 0 Å². The summed E-state index contributed by atoms with van der Waals surface area (Å²) in [5, 5.41) is 19.8. The van der Waals surface area contributed by atoms with Crippen LogP contribution >= 0.6 is 0 Å². The fraction of sp³-hybridized carbons (Fsp3) is 0.667. The largest absolute Gasteiger partial charge is 0.392 e. The molecule has 4 atom stereocenters. The van der Waals surface area contributed by atoms with E-state index < -0.39 is 0 Å². The average Bonchev–Trinajstić information content (AvgIpc) is 3.11. The van der Waals surface area contributed by atoms with Gasteiger partial charge >= 0.3 is 0 Å². The zero-order valence-electron chi connectivity index (χ0n) is 15.8. The Bertz CT molecular complexity index is 644. The molecule has 2 saturated heterocycles. The minimum absolute atomic E-state index is 0.0242. The molecule has 1 saturated carbocycles. The Kier molecular flexibility index (Phi) is 5.78. The highest BCUT2D eigenvalue weighted by Gasteiger charge is 2.44. The number of hydrogen-bond acceptors (Lipinski definition) is 5. The van der Waals surface area contributed by atoms with Crippen LogP contribution in [0.4, 0.5) is 0 Å². The van der Waals surface area contributed by atoms with Gasteiger partial charge in [0, 0.05) is 32.2 Å². The summed E-state index contributed by atoms with van der Waals surface area (Å²) in [5.41, 5.74) is 1.85. The summed E-state index contributed by atoms with van der Waals surface area (Å²) >= 11 is 0. The number of likely N-dealkylation sites (tertiary alicyclic amines) is 1. The molecule has 2 heterocycles. The van der Waals surface area contributed by atoms with Crippen LogP contribution in [0.25, 0.3) is 0 Å². The summed E-state index contributed by atoms with van der Waals surface area (Å²) in [4.78, 5) is 17.1. The number of morpholine rings is 1. The molecular weight excluding hydrogens is 344 g/mol. The van der Waals surface area contributed by atoms with Crippen LogP contribution in [0.15, 0.2) is 24.3 Å². The second-order valence-electron chi connectivity index (χ2n) is 8.22. The molecule has 27 heavy (non-hydrogen) atoms. The van der Waals surface area contributed by atoms with E-state index in [1.54, 1.807) is 0 Å². The Labute approximate surface area is 160 Å². The predicted molar refractivity (Wildman–Crippen MR) is 101 cm³/mol. The highest BCUT2D eigenvalue weighted by molar-refractivity contribution is 5.79. The second-order valence-corrected chi connectivity index (χ2v) is 8.22. The number of nitrogens with zero attached hydrogens (tertiary/aromatic N) is 2. The molecule has 1 aliphatic carbocycles. The molecular formula is C21H30N2O4. The van der Waals surface area contributed by atoms with E-state index >= 15 is 0 Å². The first-order valence-electron chi connectivity index (χ1n) is 10.1. The minimum atomic E-state index is -0.301. The predicted octanol–water partition coefficient (Wildman–Crippen LogP) is 0.651. The number of benzene rings is 1. The second kappa shape index (κ2) is 8.27. The van der Waals surface area contributed by atoms with Crippen LogP contribution in [0, 0.1) is 11.8 Å². The van der Waals surface area contributed by atoms with Gasteiger partial charge in [0.1, 0.15) is 0 Å². The number of carbonyl (C=O) groups is 1. The van der Waals surface area contributed by atoms with Crippen LogP contribution in [0.2, 0.25) is 0 Å². The summed E-state index contributed by atoms with van der Waals surface area (Å²) in [6, 6.07) is 7.79. The van der Waals surface area contributed by atoms with Crippen molar-refractivity contribution in [2.75, 3.05) is 39.4 Å². The molecule has 0 spiro atoms. The first kappa shape index (κ1) is 18.9. The zero-order chi connectivity index (χ0) is 18.8. The maximum Gasteiger partial charge on any atom is 0.227 e. The molecule has 2 aliphatic heterocycles. The standard InChI is InChI=1S/C21H30N2O4/c24-14-16-3-1-15(2-4-16)9-21(26)23-12-17-10-19(20(25)11-18(17)13-23)22-5-7-27-8-6-22/h1-4,17-20,24-25H,5-14H2/t17-,18+,19-,20-/m1/s1. The molecule has 0 aromatic heterocycles. The van der Waals surface area contributed by atoms with Gasteiger partial charge in [-0.15, -0.1) is 0 Å². The lowest BCUT2D eigenvalue weighted by Crippen LogP contribution is -2.53. The Morgan fingerprint density at radius 2 is 1.67 bits per heavy atom. The number of aliphatic hydroxyl groups excluding tert-OH is 2. The minimum Gasteiger partial charge on any atom is -0.392 e. The fourth-order valence-corrected chi connectivity index (χ4v) is 4.96. The first-order chi connectivity index (χ1) is 13.1. The summed E-state index contributed by atoms with van der Waals surface area (Å²) < 4.78 is 5.44. The third-order valence-electron chi connectivity index (χ3n) is 6.54. The van der Waals surface area contributed by atoms with Gasteiger partial charge in [-0.3, -0.25) is 9.69 Å². The van der Waals surface area contributed by atoms with Crippen LogP contribution in [-0.2, 0) is 22.6 Å². The van der Waals surface area contributed by atoms with Crippen LogP contribution in [0.5, 0.6) is 0 Å². The van der Waals surface area contributed by atoms with E-state index in [0.717, 1.165) is 63.4 Å². The molecule has 0 bridgehead atoms. The van der Waals surface area contributed by atoms with Gasteiger partial charge < -0.3 is 19.8 Å². The molecule has 148 valence electrons. The van der Waals surface area contributed by atoms with E-state index in [4.69, 9.17) is 9.84 Å². The number of rotatable bonds is 4. The van der Waals surface area contributed by atoms with Gasteiger partial charge in [0.25, 0.3) is 0 Å². The topological polar surface area (TPSA) is 73.2 Å². The highest BCUT2D eigenvalue weighted by Crippen LogP contribution is 2.38. The molecule has 2 N–H and O–H groups in total. The Morgan fingerprint density at radius 1 is 1.04 bits per heavy atom. The number of hydrogen-bond donors (Lipinski definition) is 2. The van der Waals surface area contributed by atoms with Crippen molar-refractivity contribution >= 4 is 5.91 Å². The Balaban J connectivity index is 1.35. The van der Waals surface area contributed by atoms with E-state index in [9.17, 15) is 9.90 Å². The smallest absolute Gasteiger partial charge is 0.227 e. The normalized spacial score (nSPS) is 31.7. The molecule has 3 aliphatic rings. The number of amides is 1. The lowest BCUT2D eigenvalue weighted by atomic mass is 9.77. The van der Waals surface area contributed by atoms with Crippen molar-refractivity contribution in [3.05, 3.63) is 35.4 Å². The summed E-state index contributed by atoms with van der Waals surface area (Å²) in [6.45, 7) is 4.89. The number of ether oxygens (including phenoxy) is 1. The molecule has 1 amide bonds. The van der Waals surface area contributed by atoms with Crippen LogP contribution < -0.4 is 0 Å². The maximum absolute atomic E-state index is 12.8. The van der Waals surface area contributed by atoms with Crippen molar-refractivity contribution in [1.29, 1.82) is 0 Å². The van der Waals surface area contributed by atoms with E-state index in [1.165, 1.54) is 0 Å². The molecule has 0 unspecified atom stereocenters. The third-order valence-corrected chi connectivity index (χ3v) is 6.54. The Morgan fingerprint density at radius 3 is 2.33 bits per heavy atom. The van der Waals surface area contributed by atoms with Crippen molar-refractivity contribution < 1.29 is 19.7 Å². The molecule has 3 fully saturated rings. The number of aliphatic hydroxyl groups is 2. The highest BCUT2D eigenvalue weighted by atomic mass is 16.5. The average molecular weight is 374 g/mol. The van der Waals surface area contributed by atoms with Crippen molar-refractivity contribution in [1.82, 2.24) is 9.80 Å². The van der Waals surface area contributed by atoms with Gasteiger partial charge in [0.2, 0.25) is 5.91 Å². The summed E-state index contributed by atoms with van der Waals surface area (Å²) in [6.07, 6.45) is 1.87. The van der Waals surface area contributed by atoms with E-state index in [2.05, 4.69) is 4.90 Å². The molecule has 6 heteroatoms. The van der Waals surface area contributed by atoms with Gasteiger partial charge in [-0.1, -0.05) is 24.3 Å². The van der Waals surface area contributed by atoms with Crippen LogP contribution in [0.1, 0.15) is 24.0 Å². The van der Waals surface area contributed by atoms with Crippen LogP contribution in [-0.4, -0.2) is 77.5 Å². The van der Waals surface area contributed by atoms with Gasteiger partial charge in [-0.25, -0.2) is 0 Å². The SMILES string of the molecule is O=C(Cc1ccc(CO)cc1)N1C[C@H]2C[C@@H](N3CCOCC3)[C@H](O)C[C@H]2C1. The molecule has 0 radical (unpaired) electrons. The van der Waals surface area contributed by atoms with E-state index in [0.29, 0.717) is 18.3 Å². The van der Waals surface area contributed by atoms with Crippen molar-refractivity contribution in [2.24, 2.45) is 11.8 Å². The molecule has 4 rings (SSSR count). The van der Waals surface area contributed by atoms with Crippen LogP contribution in [0.3, 0.4) is 0 Å². The lowest BCUT2D eigenvalue weighted by Gasteiger charge is -2.43. The zero-order valence-corrected chi connectivity index (χ0v) is 15.8. The van der Waals surface area contributed by atoms with E-state index in [1.807, 2.05) is 29.2 Å². The third kappa shape index (κ3) is 4.19. The van der Waals surface area contributed by atoms with E-state index in [-0.39, 0.29) is 24.7 Å². The maximum atomic E-state index is 12.8. The van der Waals surface area contributed by atoms with Gasteiger partial charge in [-0.05, 0) is 35.8 Å². The number of fused-ring (bicyclic) bond motifs is 1. The van der Waals surface area contributed by atoms with Gasteiger partial charge in [0.15, 0.2) is 0 Å². The number of carbonyl (C=O) groups excluding carboxylic acids is 1. The lowest BCUT2D eigenvalue weighted by molar-refractivity contribution is -0.129. The Hall–Kier alpha value is -1.47. The fourth-order valence-electron chi connectivity index (χ4n) is 4.96. The summed E-state index contributed by atoms with van der Waals surface area (Å²) in [7, 11) is 0. The molecule has 1 aromatic rings. The monoisotopic (exact) mass is 374 g/mol. The van der Waals surface area contributed by atoms with Gasteiger partial charge in [-0.2, -0.15) is 0 Å². The first-order valence-corrected chi connectivity index (χ1v) is 10.1.